The molecule has 0 atom stereocenters. The summed E-state index contributed by atoms with van der Waals surface area (Å²) in [6, 6.07) is 22.1. The van der Waals surface area contributed by atoms with Crippen LogP contribution >= 0.6 is 0 Å². The highest BCUT2D eigenvalue weighted by atomic mass is 16.5. The standard InChI is InChI=1S/C20H25NO/c1-22-16-17-12-14-21(15-13-17)20(18-8-4-2-5-9-18)19-10-6-3-7-11-19/h2-11,17,20H,12-16H2,1H3. The Balaban J connectivity index is 1.81. The van der Waals surface area contributed by atoms with Crippen LogP contribution in [-0.4, -0.2) is 31.7 Å². The Labute approximate surface area is 133 Å². The van der Waals surface area contributed by atoms with E-state index in [9.17, 15) is 0 Å². The highest BCUT2D eigenvalue weighted by molar-refractivity contribution is 5.31. The number of nitrogens with zero attached hydrogens (tertiary/aromatic N) is 1. The smallest absolute Gasteiger partial charge is 0.0601 e. The quantitative estimate of drug-likeness (QED) is 0.822. The molecule has 2 aromatic rings. The third kappa shape index (κ3) is 3.57. The van der Waals surface area contributed by atoms with Crippen LogP contribution in [-0.2, 0) is 4.74 Å². The maximum absolute atomic E-state index is 5.33. The first-order valence-corrected chi connectivity index (χ1v) is 8.21. The van der Waals surface area contributed by atoms with Gasteiger partial charge in [0.15, 0.2) is 0 Å². The average Bonchev–Trinajstić information content (AvgIpc) is 2.59. The van der Waals surface area contributed by atoms with E-state index in [0.717, 1.165) is 19.7 Å². The van der Waals surface area contributed by atoms with E-state index in [1.807, 2.05) is 7.11 Å². The van der Waals surface area contributed by atoms with Gasteiger partial charge in [0.25, 0.3) is 0 Å². The molecule has 0 spiro atoms. The van der Waals surface area contributed by atoms with Crippen molar-refractivity contribution >= 4 is 0 Å². The summed E-state index contributed by atoms with van der Waals surface area (Å²) in [7, 11) is 1.81. The fourth-order valence-electron chi connectivity index (χ4n) is 3.50. The van der Waals surface area contributed by atoms with Crippen molar-refractivity contribution in [2.24, 2.45) is 5.92 Å². The van der Waals surface area contributed by atoms with E-state index in [2.05, 4.69) is 65.6 Å². The molecule has 0 unspecified atom stereocenters. The van der Waals surface area contributed by atoms with E-state index in [-0.39, 0.29) is 0 Å². The van der Waals surface area contributed by atoms with Crippen molar-refractivity contribution in [1.82, 2.24) is 4.90 Å². The molecule has 0 saturated carbocycles. The van der Waals surface area contributed by atoms with Crippen molar-refractivity contribution in [3.8, 4) is 0 Å². The number of hydrogen-bond acceptors (Lipinski definition) is 2. The van der Waals surface area contributed by atoms with Gasteiger partial charge in [0.05, 0.1) is 6.04 Å². The first-order chi connectivity index (χ1) is 10.9. The van der Waals surface area contributed by atoms with Gasteiger partial charge in [-0.1, -0.05) is 60.7 Å². The van der Waals surface area contributed by atoms with Crippen LogP contribution in [0.25, 0.3) is 0 Å². The zero-order valence-corrected chi connectivity index (χ0v) is 13.3. The van der Waals surface area contributed by atoms with Crippen LogP contribution in [0, 0.1) is 5.92 Å². The number of rotatable bonds is 5. The number of ether oxygens (including phenoxy) is 1. The van der Waals surface area contributed by atoms with Crippen molar-refractivity contribution in [3.05, 3.63) is 71.8 Å². The van der Waals surface area contributed by atoms with Crippen LogP contribution < -0.4 is 0 Å². The SMILES string of the molecule is COCC1CCN(C(c2ccccc2)c2ccccc2)CC1. The molecule has 2 aromatic carbocycles. The molecule has 3 rings (SSSR count). The van der Waals surface area contributed by atoms with E-state index < -0.39 is 0 Å². The molecular weight excluding hydrogens is 270 g/mol. The lowest BCUT2D eigenvalue weighted by Crippen LogP contribution is -2.38. The largest absolute Gasteiger partial charge is 0.384 e. The lowest BCUT2D eigenvalue weighted by atomic mass is 9.91. The highest BCUT2D eigenvalue weighted by Crippen LogP contribution is 2.32. The monoisotopic (exact) mass is 295 g/mol. The fourth-order valence-corrected chi connectivity index (χ4v) is 3.50. The molecule has 1 aliphatic heterocycles. The van der Waals surface area contributed by atoms with E-state index in [1.54, 1.807) is 0 Å². The molecule has 2 heteroatoms. The summed E-state index contributed by atoms with van der Waals surface area (Å²) in [5.41, 5.74) is 2.78. The van der Waals surface area contributed by atoms with Crippen LogP contribution in [0.2, 0.25) is 0 Å². The predicted octanol–water partition coefficient (Wildman–Crippen LogP) is 4.13. The Morgan fingerprint density at radius 3 is 1.86 bits per heavy atom. The molecule has 2 nitrogen and oxygen atoms in total. The zero-order chi connectivity index (χ0) is 15.2. The summed E-state index contributed by atoms with van der Waals surface area (Å²) >= 11 is 0. The molecule has 1 aliphatic rings. The third-order valence-corrected chi connectivity index (χ3v) is 4.65. The molecule has 0 aliphatic carbocycles. The van der Waals surface area contributed by atoms with Gasteiger partial charge in [0.1, 0.15) is 0 Å². The molecule has 116 valence electrons. The molecule has 1 heterocycles. The van der Waals surface area contributed by atoms with Gasteiger partial charge in [-0.3, -0.25) is 4.90 Å². The number of hydrogen-bond donors (Lipinski definition) is 0. The maximum atomic E-state index is 5.33. The van der Waals surface area contributed by atoms with Crippen LogP contribution in [0.5, 0.6) is 0 Å². The molecule has 0 aromatic heterocycles. The van der Waals surface area contributed by atoms with Crippen molar-refractivity contribution in [2.45, 2.75) is 18.9 Å². The second-order valence-corrected chi connectivity index (χ2v) is 6.16. The van der Waals surface area contributed by atoms with Crippen LogP contribution in [0.3, 0.4) is 0 Å². The fraction of sp³-hybridized carbons (Fsp3) is 0.400. The van der Waals surface area contributed by atoms with Gasteiger partial charge in [0.2, 0.25) is 0 Å². The van der Waals surface area contributed by atoms with E-state index >= 15 is 0 Å². The summed E-state index contributed by atoms with van der Waals surface area (Å²) in [4.78, 5) is 2.62. The van der Waals surface area contributed by atoms with Crippen molar-refractivity contribution in [2.75, 3.05) is 26.8 Å². The third-order valence-electron chi connectivity index (χ3n) is 4.65. The number of piperidine rings is 1. The highest BCUT2D eigenvalue weighted by Gasteiger charge is 2.27. The Kier molecular flexibility index (Phi) is 5.25. The second kappa shape index (κ2) is 7.57. The first-order valence-electron chi connectivity index (χ1n) is 8.21. The Hall–Kier alpha value is -1.64. The number of likely N-dealkylation sites (tertiary alicyclic amines) is 1. The minimum Gasteiger partial charge on any atom is -0.384 e. The van der Waals surface area contributed by atoms with Gasteiger partial charge < -0.3 is 4.74 Å². The number of benzene rings is 2. The summed E-state index contributed by atoms with van der Waals surface area (Å²) in [5, 5.41) is 0. The lowest BCUT2D eigenvalue weighted by molar-refractivity contribution is 0.0874. The molecular formula is C20H25NO. The van der Waals surface area contributed by atoms with Crippen LogP contribution in [0.4, 0.5) is 0 Å². The van der Waals surface area contributed by atoms with Crippen LogP contribution in [0.1, 0.15) is 30.0 Å². The van der Waals surface area contributed by atoms with Gasteiger partial charge in [0, 0.05) is 13.7 Å². The summed E-state index contributed by atoms with van der Waals surface area (Å²) in [6.45, 7) is 3.18. The molecule has 1 fully saturated rings. The van der Waals surface area contributed by atoms with Gasteiger partial charge in [-0.25, -0.2) is 0 Å². The van der Waals surface area contributed by atoms with Crippen molar-refractivity contribution in [1.29, 1.82) is 0 Å². The minimum atomic E-state index is 0.367. The summed E-state index contributed by atoms with van der Waals surface area (Å²) in [5.74, 6) is 0.716. The molecule has 22 heavy (non-hydrogen) atoms. The molecule has 0 N–H and O–H groups in total. The van der Waals surface area contributed by atoms with Gasteiger partial charge in [-0.15, -0.1) is 0 Å². The van der Waals surface area contributed by atoms with Gasteiger partial charge in [-0.05, 0) is 43.0 Å². The minimum absolute atomic E-state index is 0.367. The predicted molar refractivity (Wildman–Crippen MR) is 90.9 cm³/mol. The Morgan fingerprint density at radius 1 is 0.909 bits per heavy atom. The summed E-state index contributed by atoms with van der Waals surface area (Å²) < 4.78 is 5.33. The molecule has 0 radical (unpaired) electrons. The molecule has 1 saturated heterocycles. The van der Waals surface area contributed by atoms with Crippen molar-refractivity contribution in [3.63, 3.8) is 0 Å². The Bertz CT molecular complexity index is 507. The number of methoxy groups -OCH3 is 1. The molecule has 0 amide bonds. The van der Waals surface area contributed by atoms with Gasteiger partial charge in [-0.2, -0.15) is 0 Å². The van der Waals surface area contributed by atoms with E-state index in [1.165, 1.54) is 24.0 Å². The average molecular weight is 295 g/mol. The normalized spacial score (nSPS) is 17.0. The van der Waals surface area contributed by atoms with E-state index in [4.69, 9.17) is 4.74 Å². The van der Waals surface area contributed by atoms with E-state index in [0.29, 0.717) is 12.0 Å². The van der Waals surface area contributed by atoms with Crippen LogP contribution in [0.15, 0.2) is 60.7 Å². The van der Waals surface area contributed by atoms with Gasteiger partial charge >= 0.3 is 0 Å². The first kappa shape index (κ1) is 15.3. The zero-order valence-electron chi connectivity index (χ0n) is 13.3. The topological polar surface area (TPSA) is 12.5 Å². The Morgan fingerprint density at radius 2 is 1.41 bits per heavy atom. The maximum Gasteiger partial charge on any atom is 0.0601 e. The second-order valence-electron chi connectivity index (χ2n) is 6.16. The molecule has 0 bridgehead atoms. The lowest BCUT2D eigenvalue weighted by Gasteiger charge is -2.38. The summed E-state index contributed by atoms with van der Waals surface area (Å²) in [6.07, 6.45) is 2.45. The van der Waals surface area contributed by atoms with Crippen molar-refractivity contribution < 1.29 is 4.74 Å².